The van der Waals surface area contributed by atoms with Crippen LogP contribution >= 0.6 is 11.6 Å². The number of nitrogens with one attached hydrogen (secondary N) is 1. The predicted molar refractivity (Wildman–Crippen MR) is 54.4 cm³/mol. The summed E-state index contributed by atoms with van der Waals surface area (Å²) in [5.41, 5.74) is -1.24. The Hall–Kier alpha value is -1.74. The Bertz CT molecular complexity index is 479. The maximum absolute atomic E-state index is 12.4. The van der Waals surface area contributed by atoms with E-state index in [0.29, 0.717) is 6.07 Å². The number of halogens is 4. The minimum Gasteiger partial charge on any atom is -0.339 e. The monoisotopic (exact) mass is 262 g/mol. The maximum atomic E-state index is 12.4. The van der Waals surface area contributed by atoms with Crippen LogP contribution in [-0.2, 0) is 6.18 Å². The van der Waals surface area contributed by atoms with Gasteiger partial charge in [-0.05, 0) is 18.2 Å². The van der Waals surface area contributed by atoms with E-state index in [0.717, 1.165) is 12.1 Å². The molecule has 1 amide bonds. The summed E-state index contributed by atoms with van der Waals surface area (Å²) in [6.07, 6.45) is -4.57. The van der Waals surface area contributed by atoms with Gasteiger partial charge in [0.2, 0.25) is 0 Å². The quantitative estimate of drug-likeness (QED) is 0.833. The number of nitrogens with zero attached hydrogens (tertiary/aromatic N) is 1. The van der Waals surface area contributed by atoms with Crippen molar-refractivity contribution in [3.05, 3.63) is 34.3 Å². The van der Waals surface area contributed by atoms with E-state index in [1.165, 1.54) is 0 Å². The van der Waals surface area contributed by atoms with E-state index in [1.807, 2.05) is 0 Å². The third-order valence-electron chi connectivity index (χ3n) is 1.82. The normalized spacial score (nSPS) is 10.8. The van der Waals surface area contributed by atoms with E-state index < -0.39 is 17.6 Å². The number of hydrogen-bond acceptors (Lipinski definition) is 2. The minimum absolute atomic E-state index is 0.193. The molecule has 0 saturated carbocycles. The first kappa shape index (κ1) is 13.3. The lowest BCUT2D eigenvalue weighted by Crippen LogP contribution is -2.24. The molecule has 3 nitrogen and oxygen atoms in total. The van der Waals surface area contributed by atoms with Crippen LogP contribution in [0.25, 0.3) is 0 Å². The second kappa shape index (κ2) is 5.06. The lowest BCUT2D eigenvalue weighted by atomic mass is 10.1. The molecule has 0 aliphatic carbocycles. The van der Waals surface area contributed by atoms with Crippen LogP contribution in [-0.4, -0.2) is 12.5 Å². The van der Waals surface area contributed by atoms with Crippen LogP contribution in [0.3, 0.4) is 0 Å². The fourth-order valence-corrected chi connectivity index (χ4v) is 1.34. The van der Waals surface area contributed by atoms with Crippen molar-refractivity contribution in [3.8, 4) is 6.07 Å². The molecule has 0 unspecified atom stereocenters. The van der Waals surface area contributed by atoms with Gasteiger partial charge in [0, 0.05) is 10.6 Å². The summed E-state index contributed by atoms with van der Waals surface area (Å²) in [5.74, 6) is -0.778. The first-order chi connectivity index (χ1) is 7.84. The molecule has 1 aromatic carbocycles. The molecule has 90 valence electrons. The van der Waals surface area contributed by atoms with Crippen molar-refractivity contribution in [1.82, 2.24) is 5.32 Å². The van der Waals surface area contributed by atoms with Crippen LogP contribution in [0, 0.1) is 11.3 Å². The molecule has 0 aliphatic heterocycles. The molecule has 0 fully saturated rings. The number of nitriles is 1. The molecule has 0 spiro atoms. The van der Waals surface area contributed by atoms with Crippen molar-refractivity contribution in [2.45, 2.75) is 6.18 Å². The second-order valence-corrected chi connectivity index (χ2v) is 3.50. The zero-order valence-electron chi connectivity index (χ0n) is 8.31. The van der Waals surface area contributed by atoms with Crippen LogP contribution in [0.1, 0.15) is 15.9 Å². The molecule has 0 heterocycles. The molecule has 7 heteroatoms. The molecule has 0 saturated heterocycles. The molecule has 1 aromatic rings. The topological polar surface area (TPSA) is 52.9 Å². The van der Waals surface area contributed by atoms with Gasteiger partial charge in [-0.15, -0.1) is 0 Å². The van der Waals surface area contributed by atoms with Crippen molar-refractivity contribution in [3.63, 3.8) is 0 Å². The molecule has 0 radical (unpaired) electrons. The van der Waals surface area contributed by atoms with Crippen molar-refractivity contribution in [2.24, 2.45) is 0 Å². The first-order valence-electron chi connectivity index (χ1n) is 4.37. The third kappa shape index (κ3) is 3.64. The van der Waals surface area contributed by atoms with Crippen molar-refractivity contribution < 1.29 is 18.0 Å². The van der Waals surface area contributed by atoms with E-state index in [4.69, 9.17) is 16.9 Å². The second-order valence-electron chi connectivity index (χ2n) is 3.07. The summed E-state index contributed by atoms with van der Waals surface area (Å²) in [6.45, 7) is -0.285. The van der Waals surface area contributed by atoms with Gasteiger partial charge in [0.25, 0.3) is 5.91 Å². The smallest absolute Gasteiger partial charge is 0.339 e. The average Bonchev–Trinajstić information content (AvgIpc) is 2.23. The van der Waals surface area contributed by atoms with Gasteiger partial charge in [0.1, 0.15) is 6.54 Å². The summed E-state index contributed by atoms with van der Waals surface area (Å²) in [7, 11) is 0. The molecule has 0 atom stereocenters. The Morgan fingerprint density at radius 2 is 2.06 bits per heavy atom. The molecule has 17 heavy (non-hydrogen) atoms. The lowest BCUT2D eigenvalue weighted by molar-refractivity contribution is -0.137. The minimum atomic E-state index is -4.57. The number of amides is 1. The fourth-order valence-electron chi connectivity index (χ4n) is 1.11. The van der Waals surface area contributed by atoms with E-state index in [9.17, 15) is 18.0 Å². The van der Waals surface area contributed by atoms with Crippen LogP contribution in [0.5, 0.6) is 0 Å². The van der Waals surface area contributed by atoms with Gasteiger partial charge >= 0.3 is 6.18 Å². The van der Waals surface area contributed by atoms with Crippen molar-refractivity contribution in [1.29, 1.82) is 5.26 Å². The van der Waals surface area contributed by atoms with E-state index in [2.05, 4.69) is 5.32 Å². The Labute approximate surface area is 99.8 Å². The molecule has 1 rings (SSSR count). The highest BCUT2D eigenvalue weighted by Gasteiger charge is 2.31. The van der Waals surface area contributed by atoms with Crippen LogP contribution in [0.15, 0.2) is 18.2 Å². The van der Waals surface area contributed by atoms with E-state index >= 15 is 0 Å². The maximum Gasteiger partial charge on any atom is 0.416 e. The highest BCUT2D eigenvalue weighted by molar-refractivity contribution is 6.31. The molecule has 0 bridgehead atoms. The largest absolute Gasteiger partial charge is 0.416 e. The summed E-state index contributed by atoms with van der Waals surface area (Å²) in [6, 6.07) is 4.15. The number of alkyl halides is 3. The molecular formula is C10H6ClF3N2O. The average molecular weight is 263 g/mol. The molecule has 0 aliphatic rings. The lowest BCUT2D eigenvalue weighted by Gasteiger charge is -2.09. The van der Waals surface area contributed by atoms with Gasteiger partial charge < -0.3 is 5.32 Å². The SMILES string of the molecule is N#CCNC(=O)c1cc(Cl)cc(C(F)(F)F)c1. The van der Waals surface area contributed by atoms with E-state index in [-0.39, 0.29) is 17.1 Å². The predicted octanol–water partition coefficient (Wildman–Crippen LogP) is 2.61. The standard InChI is InChI=1S/C10H6ClF3N2O/c11-8-4-6(9(17)16-2-1-15)3-7(5-8)10(12,13)14/h3-5H,2H2,(H,16,17). The molecule has 0 aromatic heterocycles. The van der Waals surface area contributed by atoms with Crippen molar-refractivity contribution >= 4 is 17.5 Å². The molecule has 1 N–H and O–H groups in total. The molecular weight excluding hydrogens is 257 g/mol. The first-order valence-corrected chi connectivity index (χ1v) is 4.75. The summed E-state index contributed by atoms with van der Waals surface area (Å²) in [4.78, 5) is 11.3. The Balaban J connectivity index is 3.06. The van der Waals surface area contributed by atoms with Gasteiger partial charge in [-0.3, -0.25) is 4.79 Å². The summed E-state index contributed by atoms with van der Waals surface area (Å²) < 4.78 is 37.3. The van der Waals surface area contributed by atoms with E-state index in [1.54, 1.807) is 6.07 Å². The number of carbonyl (C=O) groups is 1. The van der Waals surface area contributed by atoms with Gasteiger partial charge in [0.15, 0.2) is 0 Å². The number of benzene rings is 1. The van der Waals surface area contributed by atoms with Gasteiger partial charge in [-0.1, -0.05) is 11.6 Å². The van der Waals surface area contributed by atoms with Crippen LogP contribution in [0.4, 0.5) is 13.2 Å². The summed E-state index contributed by atoms with van der Waals surface area (Å²) in [5, 5.41) is 10.2. The van der Waals surface area contributed by atoms with Gasteiger partial charge in [-0.2, -0.15) is 18.4 Å². The van der Waals surface area contributed by atoms with Crippen molar-refractivity contribution in [2.75, 3.05) is 6.54 Å². The third-order valence-corrected chi connectivity index (χ3v) is 2.03. The number of hydrogen-bond donors (Lipinski definition) is 1. The number of carbonyl (C=O) groups excluding carboxylic acids is 1. The van der Waals surface area contributed by atoms with Gasteiger partial charge in [-0.25, -0.2) is 0 Å². The van der Waals surface area contributed by atoms with Crippen LogP contribution < -0.4 is 5.32 Å². The Kier molecular flexibility index (Phi) is 3.97. The Morgan fingerprint density at radius 3 is 2.59 bits per heavy atom. The fraction of sp³-hybridized carbons (Fsp3) is 0.200. The highest BCUT2D eigenvalue weighted by atomic mass is 35.5. The summed E-state index contributed by atoms with van der Waals surface area (Å²) >= 11 is 5.49. The number of rotatable bonds is 2. The zero-order chi connectivity index (χ0) is 13.1. The Morgan fingerprint density at radius 1 is 1.41 bits per heavy atom. The zero-order valence-corrected chi connectivity index (χ0v) is 9.06. The van der Waals surface area contributed by atoms with Crippen LogP contribution in [0.2, 0.25) is 5.02 Å². The van der Waals surface area contributed by atoms with Gasteiger partial charge in [0.05, 0.1) is 11.6 Å². The highest BCUT2D eigenvalue weighted by Crippen LogP contribution is 2.31.